The van der Waals surface area contributed by atoms with Crippen LogP contribution in [-0.4, -0.2) is 46.6 Å². The van der Waals surface area contributed by atoms with E-state index in [1.807, 2.05) is 0 Å². The molecule has 1 fully saturated rings. The number of aliphatic hydroxyl groups excluding tert-OH is 2. The fourth-order valence-electron chi connectivity index (χ4n) is 3.32. The lowest BCUT2D eigenvalue weighted by Crippen LogP contribution is -2.35. The molecular weight excluding hydrogens is 346 g/mol. The number of rotatable bonds is 5. The van der Waals surface area contributed by atoms with E-state index in [1.165, 1.54) is 18.9 Å². The molecule has 1 heterocycles. The van der Waals surface area contributed by atoms with Crippen molar-refractivity contribution < 1.29 is 24.5 Å². The summed E-state index contributed by atoms with van der Waals surface area (Å²) in [7, 11) is 1.50. The molecule has 3 rings (SSSR count). The van der Waals surface area contributed by atoms with E-state index in [4.69, 9.17) is 4.74 Å². The Kier molecular flexibility index (Phi) is 5.28. The third kappa shape index (κ3) is 3.44. The number of hydrogen-bond donors (Lipinski definition) is 2. The van der Waals surface area contributed by atoms with E-state index in [2.05, 4.69) is 0 Å². The molecule has 0 radical (unpaired) electrons. The van der Waals surface area contributed by atoms with Gasteiger partial charge >= 0.3 is 0 Å². The van der Waals surface area contributed by atoms with Gasteiger partial charge in [0, 0.05) is 17.7 Å². The van der Waals surface area contributed by atoms with Gasteiger partial charge < -0.3 is 19.8 Å². The first-order valence-electron chi connectivity index (χ1n) is 8.60. The van der Waals surface area contributed by atoms with Gasteiger partial charge in [0.25, 0.3) is 11.7 Å². The van der Waals surface area contributed by atoms with Crippen molar-refractivity contribution in [1.29, 1.82) is 0 Å². The van der Waals surface area contributed by atoms with Crippen LogP contribution in [0, 0.1) is 0 Å². The van der Waals surface area contributed by atoms with E-state index in [0.29, 0.717) is 16.9 Å². The molecule has 0 saturated carbocycles. The molecule has 27 heavy (non-hydrogen) atoms. The number of methoxy groups -OCH3 is 1. The summed E-state index contributed by atoms with van der Waals surface area (Å²) in [6.45, 7) is 1.49. The van der Waals surface area contributed by atoms with Crippen molar-refractivity contribution in [3.05, 3.63) is 71.3 Å². The quantitative estimate of drug-likeness (QED) is 0.482. The number of benzene rings is 2. The van der Waals surface area contributed by atoms with Gasteiger partial charge in [0.1, 0.15) is 11.5 Å². The van der Waals surface area contributed by atoms with Crippen LogP contribution in [0.25, 0.3) is 5.76 Å². The molecular formula is C21H21NO5. The largest absolute Gasteiger partial charge is 0.507 e. The molecule has 0 unspecified atom stereocenters. The zero-order chi connectivity index (χ0) is 19.6. The molecule has 1 aliphatic rings. The fourth-order valence-corrected chi connectivity index (χ4v) is 3.32. The van der Waals surface area contributed by atoms with Gasteiger partial charge in [0.2, 0.25) is 0 Å². The SMILES string of the molecule is COc1ccccc1[C@@H]1C(=C(O)c2ccccc2)C(=O)C(=O)N1C[C@@H](C)O. The van der Waals surface area contributed by atoms with Crippen LogP contribution in [0.2, 0.25) is 0 Å². The van der Waals surface area contributed by atoms with Crippen LogP contribution in [-0.2, 0) is 9.59 Å². The first-order valence-corrected chi connectivity index (χ1v) is 8.60. The summed E-state index contributed by atoms with van der Waals surface area (Å²) < 4.78 is 5.40. The van der Waals surface area contributed by atoms with Gasteiger partial charge in [-0.25, -0.2) is 0 Å². The minimum Gasteiger partial charge on any atom is -0.507 e. The number of aliphatic hydroxyl groups is 2. The van der Waals surface area contributed by atoms with Crippen molar-refractivity contribution >= 4 is 17.4 Å². The Balaban J connectivity index is 2.23. The molecule has 2 atom stereocenters. The monoisotopic (exact) mass is 367 g/mol. The number of carbonyl (C=O) groups is 2. The molecule has 1 amide bonds. The van der Waals surface area contributed by atoms with E-state index in [9.17, 15) is 19.8 Å². The highest BCUT2D eigenvalue weighted by atomic mass is 16.5. The summed E-state index contributed by atoms with van der Waals surface area (Å²) in [6.07, 6.45) is -0.836. The van der Waals surface area contributed by atoms with Crippen molar-refractivity contribution in [2.75, 3.05) is 13.7 Å². The Morgan fingerprint density at radius 2 is 1.74 bits per heavy atom. The third-order valence-electron chi connectivity index (χ3n) is 4.48. The zero-order valence-electron chi connectivity index (χ0n) is 15.1. The Hall–Kier alpha value is -3.12. The summed E-state index contributed by atoms with van der Waals surface area (Å²) >= 11 is 0. The van der Waals surface area contributed by atoms with Crippen molar-refractivity contribution in [3.8, 4) is 5.75 Å². The van der Waals surface area contributed by atoms with E-state index in [0.717, 1.165) is 0 Å². The van der Waals surface area contributed by atoms with Gasteiger partial charge in [0.05, 0.1) is 24.8 Å². The maximum Gasteiger partial charge on any atom is 0.295 e. The number of para-hydroxylation sites is 1. The van der Waals surface area contributed by atoms with Crippen LogP contribution in [0.4, 0.5) is 0 Å². The molecule has 2 N–H and O–H groups in total. The van der Waals surface area contributed by atoms with Gasteiger partial charge in [-0.1, -0.05) is 48.5 Å². The van der Waals surface area contributed by atoms with E-state index < -0.39 is 23.8 Å². The maximum absolute atomic E-state index is 12.8. The number of hydrogen-bond acceptors (Lipinski definition) is 5. The van der Waals surface area contributed by atoms with Crippen molar-refractivity contribution in [3.63, 3.8) is 0 Å². The van der Waals surface area contributed by atoms with Crippen molar-refractivity contribution in [1.82, 2.24) is 4.90 Å². The molecule has 0 spiro atoms. The number of ether oxygens (including phenoxy) is 1. The Morgan fingerprint density at radius 3 is 2.37 bits per heavy atom. The lowest BCUT2D eigenvalue weighted by Gasteiger charge is -2.27. The summed E-state index contributed by atoms with van der Waals surface area (Å²) in [5.41, 5.74) is 0.987. The van der Waals surface area contributed by atoms with Gasteiger partial charge in [-0.15, -0.1) is 0 Å². The molecule has 0 bridgehead atoms. The second-order valence-corrected chi connectivity index (χ2v) is 6.41. The number of likely N-dealkylation sites (tertiary alicyclic amines) is 1. The molecule has 0 aliphatic carbocycles. The van der Waals surface area contributed by atoms with Gasteiger partial charge in [-0.3, -0.25) is 9.59 Å². The third-order valence-corrected chi connectivity index (χ3v) is 4.48. The predicted octanol–water partition coefficient (Wildman–Crippen LogP) is 2.50. The highest BCUT2D eigenvalue weighted by Gasteiger charge is 2.47. The van der Waals surface area contributed by atoms with Crippen LogP contribution in [0.1, 0.15) is 24.1 Å². The van der Waals surface area contributed by atoms with Crippen LogP contribution < -0.4 is 4.74 Å². The standard InChI is InChI=1S/C21H21NO5/c1-13(23)12-22-18(15-10-6-7-11-16(15)27-2)17(20(25)21(22)26)19(24)14-8-4-3-5-9-14/h3-11,13,18,23-24H,12H2,1-2H3/t13-,18-/m1/s1. The number of nitrogens with zero attached hydrogens (tertiary/aromatic N) is 1. The van der Waals surface area contributed by atoms with E-state index in [1.54, 1.807) is 54.6 Å². The average Bonchev–Trinajstić information content (AvgIpc) is 2.92. The normalized spacial score (nSPS) is 20.0. The summed E-state index contributed by atoms with van der Waals surface area (Å²) in [4.78, 5) is 26.7. The number of amides is 1. The van der Waals surface area contributed by atoms with Gasteiger partial charge in [-0.2, -0.15) is 0 Å². The minimum absolute atomic E-state index is 0.0173. The predicted molar refractivity (Wildman–Crippen MR) is 100 cm³/mol. The maximum atomic E-state index is 12.8. The minimum atomic E-state index is -0.851. The molecule has 0 aromatic heterocycles. The Bertz CT molecular complexity index is 888. The lowest BCUT2D eigenvalue weighted by molar-refractivity contribution is -0.140. The topological polar surface area (TPSA) is 87.1 Å². The summed E-state index contributed by atoms with van der Waals surface area (Å²) in [5, 5.41) is 20.7. The number of Topliss-reactive ketones (excluding diaryl/α,β-unsaturated/α-hetero) is 1. The first kappa shape index (κ1) is 18.7. The average molecular weight is 367 g/mol. The van der Waals surface area contributed by atoms with Crippen LogP contribution in [0.3, 0.4) is 0 Å². The summed E-state index contributed by atoms with van der Waals surface area (Å²) in [6, 6.07) is 14.7. The van der Waals surface area contributed by atoms with Gasteiger partial charge in [0.15, 0.2) is 0 Å². The first-order chi connectivity index (χ1) is 13.0. The number of β-amino-alcohol motifs (C(OH)–C–C–N with tert-alkyl or cyclic N) is 1. The highest BCUT2D eigenvalue weighted by Crippen LogP contribution is 2.42. The molecule has 6 heteroatoms. The second-order valence-electron chi connectivity index (χ2n) is 6.41. The van der Waals surface area contributed by atoms with Gasteiger partial charge in [-0.05, 0) is 13.0 Å². The van der Waals surface area contributed by atoms with Crippen LogP contribution in [0.5, 0.6) is 5.75 Å². The zero-order valence-corrected chi connectivity index (χ0v) is 15.1. The highest BCUT2D eigenvalue weighted by molar-refractivity contribution is 6.46. The molecule has 2 aromatic rings. The molecule has 1 aliphatic heterocycles. The van der Waals surface area contributed by atoms with E-state index >= 15 is 0 Å². The lowest BCUT2D eigenvalue weighted by atomic mass is 9.94. The Morgan fingerprint density at radius 1 is 1.11 bits per heavy atom. The number of ketones is 1. The summed E-state index contributed by atoms with van der Waals surface area (Å²) in [5.74, 6) is -1.31. The smallest absolute Gasteiger partial charge is 0.295 e. The van der Waals surface area contributed by atoms with Crippen LogP contribution in [0.15, 0.2) is 60.2 Å². The molecule has 2 aromatic carbocycles. The number of carbonyl (C=O) groups excluding carboxylic acids is 2. The molecule has 140 valence electrons. The van der Waals surface area contributed by atoms with E-state index in [-0.39, 0.29) is 17.9 Å². The second kappa shape index (κ2) is 7.63. The van der Waals surface area contributed by atoms with Crippen molar-refractivity contribution in [2.24, 2.45) is 0 Å². The molecule has 1 saturated heterocycles. The van der Waals surface area contributed by atoms with Crippen LogP contribution >= 0.6 is 0 Å². The Labute approximate surface area is 157 Å². The van der Waals surface area contributed by atoms with Crippen molar-refractivity contribution in [2.45, 2.75) is 19.1 Å². The molecule has 6 nitrogen and oxygen atoms in total. The fraction of sp³-hybridized carbons (Fsp3) is 0.238.